The molecule has 1 fully saturated rings. The van der Waals surface area contributed by atoms with Crippen LogP contribution in [-0.2, 0) is 19.4 Å². The van der Waals surface area contributed by atoms with E-state index < -0.39 is 27.9 Å². The van der Waals surface area contributed by atoms with Crippen molar-refractivity contribution in [1.29, 1.82) is 0 Å². The van der Waals surface area contributed by atoms with Crippen LogP contribution >= 0.6 is 0 Å². The molecular formula is C8H12N2O5S. The zero-order valence-corrected chi connectivity index (χ0v) is 9.24. The molecule has 0 aromatic heterocycles. The average molecular weight is 248 g/mol. The third-order valence-corrected chi connectivity index (χ3v) is 4.15. The first kappa shape index (κ1) is 11.3. The van der Waals surface area contributed by atoms with Gasteiger partial charge in [-0.3, -0.25) is 0 Å². The zero-order valence-electron chi connectivity index (χ0n) is 8.42. The molecule has 2 heterocycles. The molecule has 0 saturated carbocycles. The summed E-state index contributed by atoms with van der Waals surface area (Å²) in [5, 5.41) is 11.7. The highest BCUT2D eigenvalue weighted by Gasteiger charge is 2.34. The van der Waals surface area contributed by atoms with E-state index in [-0.39, 0.29) is 24.0 Å². The molecule has 2 unspecified atom stereocenters. The second-order valence-electron chi connectivity index (χ2n) is 3.75. The molecule has 7 nitrogen and oxygen atoms in total. The fourth-order valence-electron chi connectivity index (χ4n) is 1.65. The number of carbonyl (C=O) groups is 1. The van der Waals surface area contributed by atoms with Crippen molar-refractivity contribution in [2.24, 2.45) is 4.99 Å². The first-order valence-corrected chi connectivity index (χ1v) is 6.67. The van der Waals surface area contributed by atoms with Crippen LogP contribution in [0.2, 0.25) is 0 Å². The molecule has 8 heteroatoms. The lowest BCUT2D eigenvalue weighted by Gasteiger charge is -2.22. The number of ether oxygens (including phenoxy) is 1. The maximum absolute atomic E-state index is 11.4. The van der Waals surface area contributed by atoms with Gasteiger partial charge in [0.15, 0.2) is 15.9 Å². The number of nitrogens with one attached hydrogen (secondary N) is 1. The minimum absolute atomic E-state index is 0.0249. The third kappa shape index (κ3) is 2.33. The van der Waals surface area contributed by atoms with E-state index in [1.165, 1.54) is 0 Å². The Labute approximate surface area is 92.4 Å². The summed E-state index contributed by atoms with van der Waals surface area (Å²) >= 11 is 0. The summed E-state index contributed by atoms with van der Waals surface area (Å²) in [6.07, 6.45) is 0. The van der Waals surface area contributed by atoms with Crippen LogP contribution in [0, 0.1) is 0 Å². The molecule has 0 amide bonds. The Balaban J connectivity index is 2.09. The third-order valence-electron chi connectivity index (χ3n) is 2.48. The van der Waals surface area contributed by atoms with Gasteiger partial charge in [-0.05, 0) is 0 Å². The lowest BCUT2D eigenvalue weighted by molar-refractivity contribution is -0.138. The smallest absolute Gasteiger partial charge is 0.332 e. The van der Waals surface area contributed by atoms with Crippen molar-refractivity contribution in [1.82, 2.24) is 5.32 Å². The Kier molecular flexibility index (Phi) is 2.85. The van der Waals surface area contributed by atoms with Gasteiger partial charge < -0.3 is 15.2 Å². The number of hydrogen-bond donors (Lipinski definition) is 2. The van der Waals surface area contributed by atoms with Gasteiger partial charge in [0, 0.05) is 6.54 Å². The number of hydrogen-bond acceptors (Lipinski definition) is 6. The standard InChI is InChI=1S/C8H12N2O5S/c11-8(12)5-3-15-7(10-5)6-4-16(13,14)2-1-9-6/h5-6,9H,1-4H2,(H,11,12). The summed E-state index contributed by atoms with van der Waals surface area (Å²) < 4.78 is 27.8. The first-order chi connectivity index (χ1) is 7.48. The SMILES string of the molecule is O=C(O)C1COC(C2CS(=O)(=O)CCN2)=N1. The molecule has 0 bridgehead atoms. The Morgan fingerprint density at radius 3 is 2.88 bits per heavy atom. The molecule has 0 aliphatic carbocycles. The van der Waals surface area contributed by atoms with Crippen molar-refractivity contribution in [3.8, 4) is 0 Å². The molecule has 1 saturated heterocycles. The Morgan fingerprint density at radius 2 is 2.31 bits per heavy atom. The summed E-state index contributed by atoms with van der Waals surface area (Å²) in [5.41, 5.74) is 0. The largest absolute Gasteiger partial charge is 0.480 e. The van der Waals surface area contributed by atoms with E-state index in [0.717, 1.165) is 0 Å². The van der Waals surface area contributed by atoms with Crippen LogP contribution in [0.5, 0.6) is 0 Å². The fraction of sp³-hybridized carbons (Fsp3) is 0.750. The predicted octanol–water partition coefficient (Wildman–Crippen LogP) is -1.75. The molecule has 16 heavy (non-hydrogen) atoms. The van der Waals surface area contributed by atoms with Crippen molar-refractivity contribution in [2.75, 3.05) is 24.7 Å². The van der Waals surface area contributed by atoms with Crippen molar-refractivity contribution >= 4 is 21.7 Å². The average Bonchev–Trinajstić information content (AvgIpc) is 2.64. The summed E-state index contributed by atoms with van der Waals surface area (Å²) in [6, 6.07) is -1.43. The molecule has 2 atom stereocenters. The molecule has 0 aromatic carbocycles. The second-order valence-corrected chi connectivity index (χ2v) is 5.98. The number of aliphatic imine (C=N–C) groups is 1. The van der Waals surface area contributed by atoms with Crippen LogP contribution in [0.1, 0.15) is 0 Å². The van der Waals surface area contributed by atoms with Crippen molar-refractivity contribution in [3.05, 3.63) is 0 Å². The predicted molar refractivity (Wildman–Crippen MR) is 55.3 cm³/mol. The second kappa shape index (κ2) is 4.02. The molecule has 0 radical (unpaired) electrons. The monoisotopic (exact) mass is 248 g/mol. The summed E-state index contributed by atoms with van der Waals surface area (Å²) in [4.78, 5) is 14.5. The number of rotatable bonds is 2. The maximum atomic E-state index is 11.4. The lowest BCUT2D eigenvalue weighted by Crippen LogP contribution is -2.49. The number of sulfone groups is 1. The summed E-state index contributed by atoms with van der Waals surface area (Å²) in [7, 11) is -3.08. The van der Waals surface area contributed by atoms with Crippen LogP contribution in [0.3, 0.4) is 0 Å². The highest BCUT2D eigenvalue weighted by molar-refractivity contribution is 7.91. The minimum atomic E-state index is -3.08. The van der Waals surface area contributed by atoms with Gasteiger partial charge in [-0.2, -0.15) is 0 Å². The van der Waals surface area contributed by atoms with E-state index in [4.69, 9.17) is 9.84 Å². The Morgan fingerprint density at radius 1 is 1.56 bits per heavy atom. The number of carboxylic acid groups (broad SMARTS) is 1. The summed E-state index contributed by atoms with van der Waals surface area (Å²) in [6.45, 7) is 0.315. The van der Waals surface area contributed by atoms with Gasteiger partial charge in [0.1, 0.15) is 6.61 Å². The first-order valence-electron chi connectivity index (χ1n) is 4.85. The van der Waals surface area contributed by atoms with Crippen LogP contribution in [0.15, 0.2) is 4.99 Å². The minimum Gasteiger partial charge on any atom is -0.480 e. The molecule has 2 N–H and O–H groups in total. The van der Waals surface area contributed by atoms with Crippen LogP contribution in [-0.4, -0.2) is 62.1 Å². The maximum Gasteiger partial charge on any atom is 0.332 e. The van der Waals surface area contributed by atoms with Gasteiger partial charge >= 0.3 is 5.97 Å². The molecule has 0 spiro atoms. The number of nitrogens with zero attached hydrogens (tertiary/aromatic N) is 1. The van der Waals surface area contributed by atoms with E-state index >= 15 is 0 Å². The van der Waals surface area contributed by atoms with Gasteiger partial charge in [-0.1, -0.05) is 0 Å². The quantitative estimate of drug-likeness (QED) is 0.600. The molecule has 2 aliphatic heterocycles. The highest BCUT2D eigenvalue weighted by Crippen LogP contribution is 2.11. The van der Waals surface area contributed by atoms with E-state index in [0.29, 0.717) is 6.54 Å². The Bertz CT molecular complexity index is 430. The number of aliphatic carboxylic acids is 1. The highest BCUT2D eigenvalue weighted by atomic mass is 32.2. The fourth-order valence-corrected chi connectivity index (χ4v) is 3.02. The van der Waals surface area contributed by atoms with E-state index in [1.54, 1.807) is 0 Å². The number of carboxylic acids is 1. The summed E-state index contributed by atoms with van der Waals surface area (Å²) in [5.74, 6) is -0.860. The zero-order chi connectivity index (χ0) is 11.8. The molecule has 0 aromatic rings. The topological polar surface area (TPSA) is 105 Å². The van der Waals surface area contributed by atoms with Crippen LogP contribution in [0.25, 0.3) is 0 Å². The lowest BCUT2D eigenvalue weighted by atomic mass is 10.3. The van der Waals surface area contributed by atoms with E-state index in [1.807, 2.05) is 0 Å². The van der Waals surface area contributed by atoms with E-state index in [9.17, 15) is 13.2 Å². The molecule has 90 valence electrons. The van der Waals surface area contributed by atoms with Gasteiger partial charge in [0.25, 0.3) is 0 Å². The van der Waals surface area contributed by atoms with Crippen molar-refractivity contribution < 1.29 is 23.1 Å². The van der Waals surface area contributed by atoms with Crippen molar-refractivity contribution in [3.63, 3.8) is 0 Å². The van der Waals surface area contributed by atoms with Gasteiger partial charge in [-0.25, -0.2) is 18.2 Å². The Hall–Kier alpha value is -1.15. The molecular weight excluding hydrogens is 236 g/mol. The van der Waals surface area contributed by atoms with Gasteiger partial charge in [0.05, 0.1) is 17.5 Å². The molecule has 2 aliphatic rings. The van der Waals surface area contributed by atoms with Gasteiger partial charge in [-0.15, -0.1) is 0 Å². The van der Waals surface area contributed by atoms with Crippen LogP contribution < -0.4 is 5.32 Å². The normalized spacial score (nSPS) is 32.9. The molecule has 2 rings (SSSR count). The van der Waals surface area contributed by atoms with Crippen molar-refractivity contribution in [2.45, 2.75) is 12.1 Å². The van der Waals surface area contributed by atoms with Gasteiger partial charge in [0.2, 0.25) is 5.90 Å². The van der Waals surface area contributed by atoms with E-state index in [2.05, 4.69) is 10.3 Å². The van der Waals surface area contributed by atoms with Crippen LogP contribution in [0.4, 0.5) is 0 Å².